The Morgan fingerprint density at radius 2 is 1.76 bits per heavy atom. The Morgan fingerprint density at radius 1 is 1.05 bits per heavy atom. The van der Waals surface area contributed by atoms with Crippen LogP contribution in [0, 0.1) is 13.8 Å². The molecule has 0 aliphatic carbocycles. The molecule has 2 aromatic rings. The van der Waals surface area contributed by atoms with E-state index >= 15 is 0 Å². The van der Waals surface area contributed by atoms with Crippen molar-refractivity contribution in [2.75, 3.05) is 6.54 Å². The zero-order valence-electron chi connectivity index (χ0n) is 13.4. The highest BCUT2D eigenvalue weighted by atomic mass is 32.2. The highest BCUT2D eigenvalue weighted by Crippen LogP contribution is 2.34. The van der Waals surface area contributed by atoms with Crippen molar-refractivity contribution < 1.29 is 0 Å². The number of hydrogen-bond donors (Lipinski definition) is 1. The van der Waals surface area contributed by atoms with Crippen LogP contribution >= 0.6 is 11.8 Å². The van der Waals surface area contributed by atoms with Gasteiger partial charge in [-0.25, -0.2) is 0 Å². The maximum absolute atomic E-state index is 3.63. The van der Waals surface area contributed by atoms with E-state index in [1.54, 1.807) is 0 Å². The van der Waals surface area contributed by atoms with Crippen LogP contribution in [0.5, 0.6) is 0 Å². The number of rotatable bonds is 6. The largest absolute Gasteiger partial charge is 0.309 e. The van der Waals surface area contributed by atoms with Crippen LogP contribution < -0.4 is 5.32 Å². The molecule has 2 rings (SSSR count). The third-order valence-corrected chi connectivity index (χ3v) is 5.05. The van der Waals surface area contributed by atoms with Crippen LogP contribution in [0.4, 0.5) is 0 Å². The summed E-state index contributed by atoms with van der Waals surface area (Å²) >= 11 is 1.96. The average Bonchev–Trinajstić information content (AvgIpc) is 2.48. The molecule has 0 radical (unpaired) electrons. The molecule has 2 unspecified atom stereocenters. The van der Waals surface area contributed by atoms with Crippen molar-refractivity contribution in [2.24, 2.45) is 0 Å². The van der Waals surface area contributed by atoms with Crippen LogP contribution in [0.1, 0.15) is 36.6 Å². The van der Waals surface area contributed by atoms with E-state index in [0.29, 0.717) is 11.3 Å². The SMILES string of the molecule is CCNC(c1ccccc1)C(C)Sc1ccc(C)cc1C. The summed E-state index contributed by atoms with van der Waals surface area (Å²) in [4.78, 5) is 1.38. The third kappa shape index (κ3) is 4.36. The predicted octanol–water partition coefficient (Wildman–Crippen LogP) is 5.13. The Hall–Kier alpha value is -1.25. The Morgan fingerprint density at radius 3 is 2.38 bits per heavy atom. The van der Waals surface area contributed by atoms with Gasteiger partial charge in [-0.3, -0.25) is 0 Å². The number of hydrogen-bond acceptors (Lipinski definition) is 2. The molecule has 112 valence electrons. The molecule has 0 spiro atoms. The first-order valence-corrected chi connectivity index (χ1v) is 8.52. The van der Waals surface area contributed by atoms with Gasteiger partial charge >= 0.3 is 0 Å². The maximum atomic E-state index is 3.63. The minimum Gasteiger partial charge on any atom is -0.309 e. The zero-order chi connectivity index (χ0) is 15.2. The molecule has 0 aromatic heterocycles. The van der Waals surface area contributed by atoms with Gasteiger partial charge in [-0.15, -0.1) is 11.8 Å². The second-order valence-corrected chi connectivity index (χ2v) is 6.96. The van der Waals surface area contributed by atoms with E-state index in [0.717, 1.165) is 6.54 Å². The summed E-state index contributed by atoms with van der Waals surface area (Å²) in [6.45, 7) is 9.81. The van der Waals surface area contributed by atoms with E-state index in [2.05, 4.69) is 81.5 Å². The number of thioether (sulfide) groups is 1. The minimum atomic E-state index is 0.377. The van der Waals surface area contributed by atoms with Gasteiger partial charge in [0, 0.05) is 16.2 Å². The standard InChI is InChI=1S/C19H25NS/c1-5-20-19(17-9-7-6-8-10-17)16(4)21-18-12-11-14(2)13-15(18)3/h6-13,16,19-20H,5H2,1-4H3. The summed E-state index contributed by atoms with van der Waals surface area (Å²) in [6, 6.07) is 17.8. The van der Waals surface area contributed by atoms with Crippen LogP contribution in [-0.4, -0.2) is 11.8 Å². The maximum Gasteiger partial charge on any atom is 0.0441 e. The highest BCUT2D eigenvalue weighted by molar-refractivity contribution is 8.00. The summed E-state index contributed by atoms with van der Waals surface area (Å²) in [6.07, 6.45) is 0. The van der Waals surface area contributed by atoms with Crippen LogP contribution in [0.3, 0.4) is 0 Å². The molecule has 0 bridgehead atoms. The lowest BCUT2D eigenvalue weighted by Gasteiger charge is -2.25. The Labute approximate surface area is 133 Å². The van der Waals surface area contributed by atoms with Crippen molar-refractivity contribution in [3.05, 3.63) is 65.2 Å². The second kappa shape index (κ2) is 7.67. The molecule has 0 saturated heterocycles. The number of aryl methyl sites for hydroxylation is 2. The normalized spacial score (nSPS) is 13.9. The molecule has 2 heteroatoms. The van der Waals surface area contributed by atoms with Gasteiger partial charge in [-0.2, -0.15) is 0 Å². The van der Waals surface area contributed by atoms with Crippen LogP contribution in [-0.2, 0) is 0 Å². The molecule has 21 heavy (non-hydrogen) atoms. The van der Waals surface area contributed by atoms with E-state index < -0.39 is 0 Å². The molecule has 0 heterocycles. The molecular weight excluding hydrogens is 274 g/mol. The monoisotopic (exact) mass is 299 g/mol. The van der Waals surface area contributed by atoms with Gasteiger partial charge < -0.3 is 5.32 Å². The van der Waals surface area contributed by atoms with Crippen LogP contribution in [0.2, 0.25) is 0 Å². The molecule has 0 aliphatic rings. The van der Waals surface area contributed by atoms with Gasteiger partial charge in [-0.05, 0) is 37.6 Å². The summed E-state index contributed by atoms with van der Waals surface area (Å²) in [5, 5.41) is 4.11. The molecular formula is C19H25NS. The fourth-order valence-electron chi connectivity index (χ4n) is 2.63. The molecule has 0 amide bonds. The molecule has 0 aliphatic heterocycles. The highest BCUT2D eigenvalue weighted by Gasteiger charge is 2.19. The first-order valence-electron chi connectivity index (χ1n) is 7.64. The molecule has 0 fully saturated rings. The number of nitrogens with one attached hydrogen (secondary N) is 1. The van der Waals surface area contributed by atoms with Crippen LogP contribution in [0.25, 0.3) is 0 Å². The molecule has 2 atom stereocenters. The van der Waals surface area contributed by atoms with E-state index in [1.807, 2.05) is 11.8 Å². The summed E-state index contributed by atoms with van der Waals surface area (Å²) in [7, 11) is 0. The van der Waals surface area contributed by atoms with Crippen molar-refractivity contribution in [2.45, 2.75) is 43.9 Å². The van der Waals surface area contributed by atoms with Gasteiger partial charge in [-0.1, -0.05) is 61.9 Å². The lowest BCUT2D eigenvalue weighted by molar-refractivity contribution is 0.548. The number of benzene rings is 2. The molecule has 2 aromatic carbocycles. The van der Waals surface area contributed by atoms with Gasteiger partial charge in [0.15, 0.2) is 0 Å². The zero-order valence-corrected chi connectivity index (χ0v) is 14.2. The van der Waals surface area contributed by atoms with Gasteiger partial charge in [0.1, 0.15) is 0 Å². The fourth-order valence-corrected chi connectivity index (χ4v) is 3.82. The molecule has 0 saturated carbocycles. The fraction of sp³-hybridized carbons (Fsp3) is 0.368. The van der Waals surface area contributed by atoms with Crippen LogP contribution in [0.15, 0.2) is 53.4 Å². The van der Waals surface area contributed by atoms with Crippen molar-refractivity contribution in [1.82, 2.24) is 5.32 Å². The third-order valence-electron chi connectivity index (χ3n) is 3.70. The van der Waals surface area contributed by atoms with Gasteiger partial charge in [0.25, 0.3) is 0 Å². The Kier molecular flexibility index (Phi) is 5.89. The van der Waals surface area contributed by atoms with Gasteiger partial charge in [0.05, 0.1) is 0 Å². The lowest BCUT2D eigenvalue weighted by Crippen LogP contribution is -2.28. The van der Waals surface area contributed by atoms with Crippen molar-refractivity contribution in [3.8, 4) is 0 Å². The second-order valence-electron chi connectivity index (χ2n) is 5.54. The van der Waals surface area contributed by atoms with Crippen molar-refractivity contribution in [1.29, 1.82) is 0 Å². The topological polar surface area (TPSA) is 12.0 Å². The smallest absolute Gasteiger partial charge is 0.0441 e. The van der Waals surface area contributed by atoms with E-state index in [4.69, 9.17) is 0 Å². The summed E-state index contributed by atoms with van der Waals surface area (Å²) < 4.78 is 0. The first kappa shape index (κ1) is 16.1. The van der Waals surface area contributed by atoms with E-state index in [1.165, 1.54) is 21.6 Å². The van der Waals surface area contributed by atoms with E-state index in [-0.39, 0.29) is 0 Å². The Bertz CT molecular complexity index is 565. The average molecular weight is 299 g/mol. The first-order chi connectivity index (χ1) is 10.1. The minimum absolute atomic E-state index is 0.377. The van der Waals surface area contributed by atoms with Crippen molar-refractivity contribution >= 4 is 11.8 Å². The quantitative estimate of drug-likeness (QED) is 0.742. The Balaban J connectivity index is 2.17. The van der Waals surface area contributed by atoms with E-state index in [9.17, 15) is 0 Å². The molecule has 1 N–H and O–H groups in total. The predicted molar refractivity (Wildman–Crippen MR) is 94.1 cm³/mol. The van der Waals surface area contributed by atoms with Gasteiger partial charge in [0.2, 0.25) is 0 Å². The van der Waals surface area contributed by atoms with Crippen molar-refractivity contribution in [3.63, 3.8) is 0 Å². The summed E-state index contributed by atoms with van der Waals surface area (Å²) in [5.41, 5.74) is 4.06. The lowest BCUT2D eigenvalue weighted by atomic mass is 10.0. The summed E-state index contributed by atoms with van der Waals surface area (Å²) in [5.74, 6) is 0. The molecule has 1 nitrogen and oxygen atoms in total.